The molecule has 0 bridgehead atoms. The van der Waals surface area contributed by atoms with Crippen molar-refractivity contribution in [2.75, 3.05) is 18.4 Å². The lowest BCUT2D eigenvalue weighted by atomic mass is 9.89. The highest BCUT2D eigenvalue weighted by atomic mass is 35.5. The summed E-state index contributed by atoms with van der Waals surface area (Å²) in [5, 5.41) is 8.10. The van der Waals surface area contributed by atoms with Crippen LogP contribution >= 0.6 is 11.6 Å². The number of likely N-dealkylation sites (tertiary alicyclic amines) is 1. The van der Waals surface area contributed by atoms with Gasteiger partial charge in [-0.05, 0) is 63.4 Å². The van der Waals surface area contributed by atoms with Gasteiger partial charge in [-0.2, -0.15) is 5.10 Å². The summed E-state index contributed by atoms with van der Waals surface area (Å²) in [5.74, 6) is 1.04. The Balaban J connectivity index is 1.23. The maximum Gasteiger partial charge on any atom is 0.410 e. The minimum absolute atomic E-state index is 0.0228. The lowest BCUT2D eigenvalue weighted by Crippen LogP contribution is -2.36. The molecule has 188 valence electrons. The van der Waals surface area contributed by atoms with Gasteiger partial charge in [-0.1, -0.05) is 25.4 Å². The molecule has 4 heterocycles. The SMILES string of the molecule is CC1(C)Cc2c(-c3cc(NC(=O)C4C[C@@H]5CN(C(=O)OC(C)(C)C)C[C@@H]5C4)ncc3Cl)cnn2C1. The smallest absolute Gasteiger partial charge is 0.410 e. The van der Waals surface area contributed by atoms with Gasteiger partial charge >= 0.3 is 6.09 Å². The molecule has 35 heavy (non-hydrogen) atoms. The number of anilines is 1. The predicted molar refractivity (Wildman–Crippen MR) is 134 cm³/mol. The van der Waals surface area contributed by atoms with E-state index in [-0.39, 0.29) is 23.3 Å². The predicted octanol–water partition coefficient (Wildman–Crippen LogP) is 5.01. The number of nitrogens with one attached hydrogen (secondary N) is 1. The van der Waals surface area contributed by atoms with Crippen LogP contribution < -0.4 is 5.32 Å². The van der Waals surface area contributed by atoms with Gasteiger partial charge in [0, 0.05) is 48.6 Å². The fourth-order valence-electron chi connectivity index (χ4n) is 5.80. The molecule has 0 radical (unpaired) electrons. The van der Waals surface area contributed by atoms with E-state index < -0.39 is 5.60 Å². The molecule has 1 saturated heterocycles. The molecule has 1 N–H and O–H groups in total. The zero-order chi connectivity index (χ0) is 25.1. The molecule has 9 heteroatoms. The molecular weight excluding hydrogens is 466 g/mol. The molecule has 8 nitrogen and oxygen atoms in total. The fourth-order valence-corrected chi connectivity index (χ4v) is 6.01. The van der Waals surface area contributed by atoms with Crippen molar-refractivity contribution in [3.05, 3.63) is 29.2 Å². The summed E-state index contributed by atoms with van der Waals surface area (Å²) in [7, 11) is 0. The minimum atomic E-state index is -0.505. The van der Waals surface area contributed by atoms with E-state index in [4.69, 9.17) is 16.3 Å². The van der Waals surface area contributed by atoms with Crippen LogP contribution in [0.2, 0.25) is 5.02 Å². The number of carbonyl (C=O) groups is 2. The van der Waals surface area contributed by atoms with Gasteiger partial charge in [-0.15, -0.1) is 0 Å². The monoisotopic (exact) mass is 499 g/mol. The second-order valence-corrected chi connectivity index (χ2v) is 12.5. The van der Waals surface area contributed by atoms with Crippen LogP contribution in [0.3, 0.4) is 0 Å². The third-order valence-electron chi connectivity index (χ3n) is 7.34. The van der Waals surface area contributed by atoms with Gasteiger partial charge < -0.3 is 15.0 Å². The maximum absolute atomic E-state index is 13.1. The molecule has 0 spiro atoms. The number of pyridine rings is 1. The first-order chi connectivity index (χ1) is 16.4. The van der Waals surface area contributed by atoms with Crippen LogP contribution in [0.25, 0.3) is 11.1 Å². The zero-order valence-electron chi connectivity index (χ0n) is 21.1. The Morgan fingerprint density at radius 3 is 2.49 bits per heavy atom. The Labute approximate surface area is 211 Å². The lowest BCUT2D eigenvalue weighted by Gasteiger charge is -2.25. The van der Waals surface area contributed by atoms with Gasteiger partial charge in [-0.3, -0.25) is 9.48 Å². The van der Waals surface area contributed by atoms with Crippen molar-refractivity contribution in [1.82, 2.24) is 19.7 Å². The van der Waals surface area contributed by atoms with Gasteiger partial charge in [-0.25, -0.2) is 9.78 Å². The summed E-state index contributed by atoms with van der Waals surface area (Å²) < 4.78 is 7.56. The average molecular weight is 500 g/mol. The highest BCUT2D eigenvalue weighted by molar-refractivity contribution is 6.33. The Kier molecular flexibility index (Phi) is 5.86. The van der Waals surface area contributed by atoms with Crippen LogP contribution in [0.15, 0.2) is 18.5 Å². The number of fused-ring (bicyclic) bond motifs is 2. The van der Waals surface area contributed by atoms with Crippen LogP contribution in [-0.2, 0) is 22.5 Å². The molecule has 0 aromatic carbocycles. The second kappa shape index (κ2) is 8.50. The van der Waals surface area contributed by atoms with E-state index in [1.54, 1.807) is 11.1 Å². The van der Waals surface area contributed by atoms with Crippen molar-refractivity contribution in [3.63, 3.8) is 0 Å². The first-order valence-corrected chi connectivity index (χ1v) is 12.8. The summed E-state index contributed by atoms with van der Waals surface area (Å²) >= 11 is 6.51. The third kappa shape index (κ3) is 4.90. The Morgan fingerprint density at radius 2 is 1.83 bits per heavy atom. The first kappa shape index (κ1) is 24.1. The number of ether oxygens (including phenoxy) is 1. The van der Waals surface area contributed by atoms with Crippen molar-refractivity contribution in [2.45, 2.75) is 66.0 Å². The summed E-state index contributed by atoms with van der Waals surface area (Å²) in [6, 6.07) is 1.85. The molecular formula is C26H34ClN5O3. The molecule has 1 unspecified atom stereocenters. The second-order valence-electron chi connectivity index (χ2n) is 12.1. The van der Waals surface area contributed by atoms with Gasteiger partial charge in [0.2, 0.25) is 5.91 Å². The first-order valence-electron chi connectivity index (χ1n) is 12.4. The van der Waals surface area contributed by atoms with E-state index in [0.29, 0.717) is 35.8 Å². The average Bonchev–Trinajstić information content (AvgIpc) is 3.46. The molecule has 3 atom stereocenters. The van der Waals surface area contributed by atoms with E-state index in [0.717, 1.165) is 36.9 Å². The molecule has 2 aromatic rings. The summed E-state index contributed by atoms with van der Waals surface area (Å²) in [4.78, 5) is 31.7. The van der Waals surface area contributed by atoms with E-state index in [1.165, 1.54) is 5.69 Å². The molecule has 5 rings (SSSR count). The molecule has 2 aliphatic heterocycles. The van der Waals surface area contributed by atoms with Gasteiger partial charge in [0.05, 0.1) is 11.2 Å². The summed E-state index contributed by atoms with van der Waals surface area (Å²) in [5.41, 5.74) is 2.66. The molecule has 1 saturated carbocycles. The van der Waals surface area contributed by atoms with Crippen LogP contribution in [0, 0.1) is 23.2 Å². The third-order valence-corrected chi connectivity index (χ3v) is 7.64. The standard InChI is InChI=1S/C26H34ClN5O3/c1-25(2,3)35-24(34)31-12-16-6-15(7-17(16)13-31)23(33)30-22-8-18(20(27)11-28-22)19-10-29-32-14-26(4,5)9-21(19)32/h8,10-11,15-17H,6-7,9,12-14H2,1-5H3,(H,28,30,33)/t15?,16-,17+. The quantitative estimate of drug-likeness (QED) is 0.641. The zero-order valence-corrected chi connectivity index (χ0v) is 21.9. The van der Waals surface area contributed by atoms with E-state index in [1.807, 2.05) is 37.7 Å². The molecule has 3 aliphatic rings. The van der Waals surface area contributed by atoms with Crippen molar-refractivity contribution in [3.8, 4) is 11.1 Å². The summed E-state index contributed by atoms with van der Waals surface area (Å²) in [6.45, 7) is 12.3. The van der Waals surface area contributed by atoms with E-state index >= 15 is 0 Å². The number of rotatable bonds is 3. The van der Waals surface area contributed by atoms with Gasteiger partial charge in [0.25, 0.3) is 0 Å². The minimum Gasteiger partial charge on any atom is -0.444 e. The van der Waals surface area contributed by atoms with Gasteiger partial charge in [0.1, 0.15) is 11.4 Å². The van der Waals surface area contributed by atoms with Crippen molar-refractivity contribution >= 4 is 29.4 Å². The summed E-state index contributed by atoms with van der Waals surface area (Å²) in [6.07, 6.45) is 5.64. The van der Waals surface area contributed by atoms with E-state index in [2.05, 4.69) is 29.2 Å². The largest absolute Gasteiger partial charge is 0.444 e. The van der Waals surface area contributed by atoms with Crippen LogP contribution in [0.5, 0.6) is 0 Å². The number of amides is 2. The van der Waals surface area contributed by atoms with Crippen molar-refractivity contribution in [1.29, 1.82) is 0 Å². The fraction of sp³-hybridized carbons (Fsp3) is 0.615. The number of nitrogens with zero attached hydrogens (tertiary/aromatic N) is 4. The van der Waals surface area contributed by atoms with Crippen LogP contribution in [-0.4, -0.2) is 50.4 Å². The Bertz CT molecular complexity index is 1150. The Morgan fingerprint density at radius 1 is 1.14 bits per heavy atom. The number of carbonyl (C=O) groups excluding carboxylic acids is 2. The molecule has 2 amide bonds. The van der Waals surface area contributed by atoms with Gasteiger partial charge in [0.15, 0.2) is 0 Å². The molecule has 1 aliphatic carbocycles. The maximum atomic E-state index is 13.1. The highest BCUT2D eigenvalue weighted by Crippen LogP contribution is 2.43. The number of halogens is 1. The molecule has 2 aromatic heterocycles. The molecule has 2 fully saturated rings. The van der Waals surface area contributed by atoms with Crippen LogP contribution in [0.4, 0.5) is 10.6 Å². The van der Waals surface area contributed by atoms with Crippen molar-refractivity contribution in [2.24, 2.45) is 23.2 Å². The lowest BCUT2D eigenvalue weighted by molar-refractivity contribution is -0.119. The van der Waals surface area contributed by atoms with E-state index in [9.17, 15) is 9.59 Å². The van der Waals surface area contributed by atoms with Crippen LogP contribution in [0.1, 0.15) is 53.2 Å². The highest BCUT2D eigenvalue weighted by Gasteiger charge is 2.45. The number of hydrogen-bond donors (Lipinski definition) is 1. The van der Waals surface area contributed by atoms with Crippen molar-refractivity contribution < 1.29 is 14.3 Å². The normalized spacial score (nSPS) is 24.9. The Hall–Kier alpha value is -2.61. The number of aromatic nitrogens is 3. The topological polar surface area (TPSA) is 89.3 Å². The number of hydrogen-bond acceptors (Lipinski definition) is 5.